The number of furan rings is 1. The van der Waals surface area contributed by atoms with Gasteiger partial charge in [-0.1, -0.05) is 12.1 Å². The Morgan fingerprint density at radius 1 is 1.38 bits per heavy atom. The van der Waals surface area contributed by atoms with E-state index >= 15 is 0 Å². The highest BCUT2D eigenvalue weighted by molar-refractivity contribution is 5.74. The molecule has 0 saturated heterocycles. The molecule has 0 spiro atoms. The van der Waals surface area contributed by atoms with E-state index in [0.717, 1.165) is 0 Å². The lowest BCUT2D eigenvalue weighted by molar-refractivity contribution is 0.147. The van der Waals surface area contributed by atoms with Crippen LogP contribution in [0, 0.1) is 5.82 Å². The van der Waals surface area contributed by atoms with Crippen molar-refractivity contribution in [1.29, 1.82) is 0 Å². The standard InChI is InChI=1S/C17H19FN2O4/c18-12-5-1-4-11-13(6-2-9-24-16(11)12)20-17(22)19-10-14(21)15-7-3-8-23-15/h1,3-5,7-8,13-14,21H,2,6,9-10H2,(H2,19,20,22). The fourth-order valence-corrected chi connectivity index (χ4v) is 2.70. The number of carbonyl (C=O) groups is 1. The van der Waals surface area contributed by atoms with Crippen molar-refractivity contribution in [1.82, 2.24) is 10.6 Å². The minimum Gasteiger partial charge on any atom is -0.490 e. The number of hydrogen-bond donors (Lipinski definition) is 3. The van der Waals surface area contributed by atoms with Gasteiger partial charge in [0.2, 0.25) is 0 Å². The first-order valence-corrected chi connectivity index (χ1v) is 7.82. The molecule has 128 valence electrons. The number of halogens is 1. The molecule has 3 N–H and O–H groups in total. The maximum absolute atomic E-state index is 13.9. The molecule has 2 heterocycles. The Balaban J connectivity index is 1.61. The van der Waals surface area contributed by atoms with Gasteiger partial charge in [-0.3, -0.25) is 0 Å². The van der Waals surface area contributed by atoms with Gasteiger partial charge in [-0.05, 0) is 31.0 Å². The largest absolute Gasteiger partial charge is 0.490 e. The highest BCUT2D eigenvalue weighted by atomic mass is 19.1. The number of nitrogens with one attached hydrogen (secondary N) is 2. The predicted octanol–water partition coefficient (Wildman–Crippen LogP) is 2.67. The van der Waals surface area contributed by atoms with Crippen molar-refractivity contribution in [3.63, 3.8) is 0 Å². The van der Waals surface area contributed by atoms with Crippen LogP contribution in [0.2, 0.25) is 0 Å². The first kappa shape index (κ1) is 16.3. The van der Waals surface area contributed by atoms with Crippen molar-refractivity contribution in [3.05, 3.63) is 53.7 Å². The number of rotatable bonds is 4. The lowest BCUT2D eigenvalue weighted by Gasteiger charge is -2.19. The van der Waals surface area contributed by atoms with Crippen molar-refractivity contribution in [2.24, 2.45) is 0 Å². The molecule has 0 radical (unpaired) electrons. The average molecular weight is 334 g/mol. The van der Waals surface area contributed by atoms with E-state index in [9.17, 15) is 14.3 Å². The van der Waals surface area contributed by atoms with Crippen molar-refractivity contribution in [2.75, 3.05) is 13.2 Å². The number of amides is 2. The summed E-state index contributed by atoms with van der Waals surface area (Å²) >= 11 is 0. The summed E-state index contributed by atoms with van der Waals surface area (Å²) < 4.78 is 24.4. The summed E-state index contributed by atoms with van der Waals surface area (Å²) in [5, 5.41) is 15.3. The monoisotopic (exact) mass is 334 g/mol. The van der Waals surface area contributed by atoms with Gasteiger partial charge in [0.15, 0.2) is 11.6 Å². The van der Waals surface area contributed by atoms with Crippen LogP contribution in [-0.4, -0.2) is 24.3 Å². The zero-order valence-electron chi connectivity index (χ0n) is 13.0. The van der Waals surface area contributed by atoms with Crippen molar-refractivity contribution < 1.29 is 23.4 Å². The third-order valence-corrected chi connectivity index (χ3v) is 3.89. The topological polar surface area (TPSA) is 83.7 Å². The van der Waals surface area contributed by atoms with Crippen molar-refractivity contribution >= 4 is 6.03 Å². The number of ether oxygens (including phenoxy) is 1. The van der Waals surface area contributed by atoms with Crippen LogP contribution >= 0.6 is 0 Å². The number of fused-ring (bicyclic) bond motifs is 1. The molecule has 2 atom stereocenters. The summed E-state index contributed by atoms with van der Waals surface area (Å²) in [6, 6.07) is 7.17. The summed E-state index contributed by atoms with van der Waals surface area (Å²) in [5.74, 6) is 0.136. The van der Waals surface area contributed by atoms with Crippen LogP contribution < -0.4 is 15.4 Å². The molecule has 1 aromatic carbocycles. The van der Waals surface area contributed by atoms with Gasteiger partial charge in [0, 0.05) is 5.56 Å². The second kappa shape index (κ2) is 7.35. The Morgan fingerprint density at radius 2 is 2.25 bits per heavy atom. The molecule has 0 fully saturated rings. The number of urea groups is 1. The van der Waals surface area contributed by atoms with Crippen LogP contribution in [0.5, 0.6) is 5.75 Å². The summed E-state index contributed by atoms with van der Waals surface area (Å²) in [4.78, 5) is 12.1. The third kappa shape index (κ3) is 3.68. The molecular weight excluding hydrogens is 315 g/mol. The Labute approximate surface area is 138 Å². The van der Waals surface area contributed by atoms with E-state index in [0.29, 0.717) is 30.8 Å². The Morgan fingerprint density at radius 3 is 3.04 bits per heavy atom. The SMILES string of the molecule is O=C(NCC(O)c1ccco1)NC1CCCOc2c(F)cccc21. The van der Waals surface area contributed by atoms with E-state index < -0.39 is 18.0 Å². The molecule has 0 bridgehead atoms. The van der Waals surface area contributed by atoms with Gasteiger partial charge >= 0.3 is 6.03 Å². The number of hydrogen-bond acceptors (Lipinski definition) is 4. The van der Waals surface area contributed by atoms with Crippen LogP contribution in [0.3, 0.4) is 0 Å². The second-order valence-electron chi connectivity index (χ2n) is 5.59. The molecule has 24 heavy (non-hydrogen) atoms. The Hall–Kier alpha value is -2.54. The van der Waals surface area contributed by atoms with Gasteiger partial charge < -0.3 is 24.9 Å². The Bertz CT molecular complexity index is 690. The molecular formula is C17H19FN2O4. The molecule has 2 amide bonds. The highest BCUT2D eigenvalue weighted by Gasteiger charge is 2.24. The number of aliphatic hydroxyl groups excluding tert-OH is 1. The summed E-state index contributed by atoms with van der Waals surface area (Å²) in [6.45, 7) is 0.420. The number of para-hydroxylation sites is 1. The molecule has 2 aromatic rings. The second-order valence-corrected chi connectivity index (χ2v) is 5.59. The highest BCUT2D eigenvalue weighted by Crippen LogP contribution is 2.33. The molecule has 1 aromatic heterocycles. The summed E-state index contributed by atoms with van der Waals surface area (Å²) in [7, 11) is 0. The van der Waals surface area contributed by atoms with Crippen LogP contribution in [0.25, 0.3) is 0 Å². The van der Waals surface area contributed by atoms with E-state index in [1.54, 1.807) is 24.3 Å². The molecule has 7 heteroatoms. The van der Waals surface area contributed by atoms with Gasteiger partial charge in [-0.15, -0.1) is 0 Å². The lowest BCUT2D eigenvalue weighted by Crippen LogP contribution is -2.39. The summed E-state index contributed by atoms with van der Waals surface area (Å²) in [5.41, 5.74) is 0.620. The van der Waals surface area contributed by atoms with Crippen LogP contribution in [0.15, 0.2) is 41.0 Å². The van der Waals surface area contributed by atoms with E-state index in [2.05, 4.69) is 10.6 Å². The molecule has 3 rings (SSSR count). The molecule has 1 aliphatic heterocycles. The molecule has 1 aliphatic rings. The van der Waals surface area contributed by atoms with E-state index in [1.807, 2.05) is 0 Å². The minimum atomic E-state index is -0.923. The third-order valence-electron chi connectivity index (χ3n) is 3.89. The quantitative estimate of drug-likeness (QED) is 0.803. The minimum absolute atomic E-state index is 0.0125. The summed E-state index contributed by atoms with van der Waals surface area (Å²) in [6.07, 6.45) is 1.88. The fourth-order valence-electron chi connectivity index (χ4n) is 2.70. The lowest BCUT2D eigenvalue weighted by atomic mass is 10.0. The zero-order valence-corrected chi connectivity index (χ0v) is 13.0. The maximum atomic E-state index is 13.9. The number of benzene rings is 1. The van der Waals surface area contributed by atoms with Gasteiger partial charge in [-0.25, -0.2) is 9.18 Å². The smallest absolute Gasteiger partial charge is 0.315 e. The van der Waals surface area contributed by atoms with Crippen LogP contribution in [0.4, 0.5) is 9.18 Å². The molecule has 6 nitrogen and oxygen atoms in total. The normalized spacial score (nSPS) is 18.0. The van der Waals surface area contributed by atoms with E-state index in [1.165, 1.54) is 12.3 Å². The van der Waals surface area contributed by atoms with E-state index in [4.69, 9.17) is 9.15 Å². The van der Waals surface area contributed by atoms with E-state index in [-0.39, 0.29) is 18.3 Å². The average Bonchev–Trinajstić information content (AvgIpc) is 3.03. The molecule has 0 saturated carbocycles. The number of carbonyl (C=O) groups excluding carboxylic acids is 1. The zero-order chi connectivity index (χ0) is 16.9. The molecule has 2 unspecified atom stereocenters. The van der Waals surface area contributed by atoms with Crippen molar-refractivity contribution in [3.8, 4) is 5.75 Å². The maximum Gasteiger partial charge on any atom is 0.315 e. The molecule has 0 aliphatic carbocycles. The predicted molar refractivity (Wildman–Crippen MR) is 84.1 cm³/mol. The van der Waals surface area contributed by atoms with Gasteiger partial charge in [0.25, 0.3) is 0 Å². The first-order chi connectivity index (χ1) is 11.6. The van der Waals surface area contributed by atoms with Crippen LogP contribution in [-0.2, 0) is 0 Å². The number of aliphatic hydroxyl groups is 1. The van der Waals surface area contributed by atoms with Gasteiger partial charge in [0.05, 0.1) is 25.5 Å². The van der Waals surface area contributed by atoms with Gasteiger partial charge in [-0.2, -0.15) is 0 Å². The van der Waals surface area contributed by atoms with Gasteiger partial charge in [0.1, 0.15) is 11.9 Å². The first-order valence-electron chi connectivity index (χ1n) is 7.82. The van der Waals surface area contributed by atoms with Crippen LogP contribution in [0.1, 0.15) is 36.3 Å². The Kier molecular flexibility index (Phi) is 5.00. The fraction of sp³-hybridized carbons (Fsp3) is 0.353. The van der Waals surface area contributed by atoms with Crippen molar-refractivity contribution in [2.45, 2.75) is 25.0 Å².